The molecule has 7 nitrogen and oxygen atoms in total. The molecular weight excluding hydrogens is 336 g/mol. The van der Waals surface area contributed by atoms with E-state index in [2.05, 4.69) is 0 Å². The number of amides is 1. The number of fused-ring (bicyclic) bond motifs is 2. The summed E-state index contributed by atoms with van der Waals surface area (Å²) >= 11 is 0. The Balaban J connectivity index is 1.56. The van der Waals surface area contributed by atoms with Crippen LogP contribution in [0.2, 0.25) is 0 Å². The Labute approximate surface area is 149 Å². The fourth-order valence-corrected chi connectivity index (χ4v) is 3.17. The van der Waals surface area contributed by atoms with Gasteiger partial charge in [0, 0.05) is 13.6 Å². The third-order valence-corrected chi connectivity index (χ3v) is 4.50. The fourth-order valence-electron chi connectivity index (χ4n) is 3.17. The van der Waals surface area contributed by atoms with E-state index in [0.717, 1.165) is 5.56 Å². The average Bonchev–Trinajstić information content (AvgIpc) is 3.23. The maximum Gasteiger partial charge on any atom is 0.420 e. The highest BCUT2D eigenvalue weighted by Crippen LogP contribution is 2.32. The third-order valence-electron chi connectivity index (χ3n) is 4.50. The van der Waals surface area contributed by atoms with Crippen molar-refractivity contribution in [2.45, 2.75) is 19.5 Å². The van der Waals surface area contributed by atoms with Gasteiger partial charge in [0.2, 0.25) is 12.7 Å². The van der Waals surface area contributed by atoms with Gasteiger partial charge in [-0.05, 0) is 36.8 Å². The van der Waals surface area contributed by atoms with Gasteiger partial charge in [0.05, 0.1) is 5.52 Å². The molecule has 1 unspecified atom stereocenters. The topological polar surface area (TPSA) is 73.9 Å². The molecule has 0 radical (unpaired) electrons. The van der Waals surface area contributed by atoms with Gasteiger partial charge < -0.3 is 18.8 Å². The fraction of sp³-hybridized carbons (Fsp3) is 0.263. The zero-order valence-electron chi connectivity index (χ0n) is 14.5. The number of ether oxygens (including phenoxy) is 2. The maximum atomic E-state index is 12.8. The highest BCUT2D eigenvalue weighted by Gasteiger charge is 2.24. The van der Waals surface area contributed by atoms with Gasteiger partial charge in [-0.1, -0.05) is 18.2 Å². The molecule has 0 saturated heterocycles. The van der Waals surface area contributed by atoms with Crippen LogP contribution in [0.15, 0.2) is 51.7 Å². The quantitative estimate of drug-likeness (QED) is 0.720. The molecule has 0 aliphatic carbocycles. The predicted molar refractivity (Wildman–Crippen MR) is 94.2 cm³/mol. The Hall–Kier alpha value is -3.22. The predicted octanol–water partition coefficient (Wildman–Crippen LogP) is 2.54. The third kappa shape index (κ3) is 2.71. The molecule has 1 amide bonds. The molecule has 0 bridgehead atoms. The smallest absolute Gasteiger partial charge is 0.420 e. The molecule has 1 atom stereocenters. The summed E-state index contributed by atoms with van der Waals surface area (Å²) in [5, 5.41) is 0. The normalized spacial score (nSPS) is 13.8. The SMILES string of the molecule is CC(C(=O)N(C)Cc1ccc2c(c1)OCO2)n1c(=O)oc2ccccc21. The number of rotatable bonds is 4. The highest BCUT2D eigenvalue weighted by molar-refractivity contribution is 5.82. The van der Waals surface area contributed by atoms with Crippen molar-refractivity contribution in [3.05, 3.63) is 58.6 Å². The van der Waals surface area contributed by atoms with Crippen molar-refractivity contribution < 1.29 is 18.7 Å². The average molecular weight is 354 g/mol. The molecular formula is C19H18N2O5. The minimum absolute atomic E-state index is 0.184. The molecule has 0 fully saturated rings. The van der Waals surface area contributed by atoms with E-state index in [9.17, 15) is 9.59 Å². The maximum absolute atomic E-state index is 12.8. The number of benzene rings is 2. The second kappa shape index (κ2) is 6.25. The van der Waals surface area contributed by atoms with E-state index in [4.69, 9.17) is 13.9 Å². The van der Waals surface area contributed by atoms with Crippen molar-refractivity contribution in [3.63, 3.8) is 0 Å². The lowest BCUT2D eigenvalue weighted by Gasteiger charge is -2.22. The zero-order valence-corrected chi connectivity index (χ0v) is 14.5. The Bertz CT molecular complexity index is 1040. The Kier molecular flexibility index (Phi) is 3.91. The summed E-state index contributed by atoms with van der Waals surface area (Å²) in [6, 6.07) is 12.0. The molecule has 7 heteroatoms. The number of likely N-dealkylation sites (N-methyl/N-ethyl adjacent to an activating group) is 1. The van der Waals surface area contributed by atoms with Crippen LogP contribution in [0.3, 0.4) is 0 Å². The number of hydrogen-bond acceptors (Lipinski definition) is 5. The minimum Gasteiger partial charge on any atom is -0.454 e. The number of carbonyl (C=O) groups excluding carboxylic acids is 1. The van der Waals surface area contributed by atoms with E-state index in [1.165, 1.54) is 4.57 Å². The number of aromatic nitrogens is 1. The molecule has 1 aliphatic heterocycles. The summed E-state index contributed by atoms with van der Waals surface area (Å²) in [6.45, 7) is 2.30. The van der Waals surface area contributed by atoms with Crippen molar-refractivity contribution in [1.82, 2.24) is 9.47 Å². The van der Waals surface area contributed by atoms with Gasteiger partial charge in [-0.2, -0.15) is 0 Å². The lowest BCUT2D eigenvalue weighted by molar-refractivity contribution is -0.133. The minimum atomic E-state index is -0.676. The van der Waals surface area contributed by atoms with Crippen molar-refractivity contribution in [2.75, 3.05) is 13.8 Å². The number of oxazole rings is 1. The van der Waals surface area contributed by atoms with Gasteiger partial charge in [-0.25, -0.2) is 4.79 Å². The van der Waals surface area contributed by atoms with Crippen molar-refractivity contribution in [3.8, 4) is 11.5 Å². The molecule has 1 aliphatic rings. The lowest BCUT2D eigenvalue weighted by Crippen LogP contribution is -2.35. The van der Waals surface area contributed by atoms with Gasteiger partial charge >= 0.3 is 5.76 Å². The summed E-state index contributed by atoms with van der Waals surface area (Å²) in [7, 11) is 1.71. The molecule has 0 N–H and O–H groups in total. The molecule has 0 saturated carbocycles. The molecule has 2 heterocycles. The number of nitrogens with zero attached hydrogens (tertiary/aromatic N) is 2. The first kappa shape index (κ1) is 16.3. The summed E-state index contributed by atoms with van der Waals surface area (Å²) in [6.07, 6.45) is 0. The monoisotopic (exact) mass is 354 g/mol. The Morgan fingerprint density at radius 1 is 1.19 bits per heavy atom. The first-order valence-corrected chi connectivity index (χ1v) is 8.28. The molecule has 3 aromatic rings. The largest absolute Gasteiger partial charge is 0.454 e. The first-order chi connectivity index (χ1) is 12.5. The van der Waals surface area contributed by atoms with E-state index in [-0.39, 0.29) is 12.7 Å². The molecule has 2 aromatic carbocycles. The molecule has 1 aromatic heterocycles. The van der Waals surface area contributed by atoms with Gasteiger partial charge in [-0.15, -0.1) is 0 Å². The van der Waals surface area contributed by atoms with E-state index >= 15 is 0 Å². The lowest BCUT2D eigenvalue weighted by atomic mass is 10.1. The molecule has 4 rings (SSSR count). The summed E-state index contributed by atoms with van der Waals surface area (Å²) < 4.78 is 17.3. The van der Waals surface area contributed by atoms with Gasteiger partial charge in [0.15, 0.2) is 17.1 Å². The van der Waals surface area contributed by atoms with Gasteiger partial charge in [0.1, 0.15) is 6.04 Å². The van der Waals surface area contributed by atoms with Crippen molar-refractivity contribution in [2.24, 2.45) is 0 Å². The van der Waals surface area contributed by atoms with Crippen molar-refractivity contribution >= 4 is 17.0 Å². The van der Waals surface area contributed by atoms with Crippen LogP contribution in [0, 0.1) is 0 Å². The second-order valence-electron chi connectivity index (χ2n) is 6.26. The van der Waals surface area contributed by atoms with E-state index in [1.54, 1.807) is 43.1 Å². The van der Waals surface area contributed by atoms with Crippen LogP contribution in [-0.4, -0.2) is 29.2 Å². The molecule has 26 heavy (non-hydrogen) atoms. The van der Waals surface area contributed by atoms with Crippen LogP contribution in [-0.2, 0) is 11.3 Å². The van der Waals surface area contributed by atoms with Crippen LogP contribution < -0.4 is 15.2 Å². The van der Waals surface area contributed by atoms with Crippen LogP contribution >= 0.6 is 0 Å². The van der Waals surface area contributed by atoms with Crippen LogP contribution in [0.25, 0.3) is 11.1 Å². The highest BCUT2D eigenvalue weighted by atomic mass is 16.7. The van der Waals surface area contributed by atoms with Crippen LogP contribution in [0.4, 0.5) is 0 Å². The first-order valence-electron chi connectivity index (χ1n) is 8.28. The summed E-state index contributed by atoms with van der Waals surface area (Å²) in [4.78, 5) is 26.6. The second-order valence-corrected chi connectivity index (χ2v) is 6.26. The number of carbonyl (C=O) groups is 1. The van der Waals surface area contributed by atoms with E-state index in [1.807, 2.05) is 18.2 Å². The van der Waals surface area contributed by atoms with Gasteiger partial charge in [0.25, 0.3) is 0 Å². The number of hydrogen-bond donors (Lipinski definition) is 0. The van der Waals surface area contributed by atoms with Crippen LogP contribution in [0.1, 0.15) is 18.5 Å². The molecule has 0 spiro atoms. The van der Waals surface area contributed by atoms with Crippen LogP contribution in [0.5, 0.6) is 11.5 Å². The standard InChI is InChI=1S/C19H18N2O5/c1-12(21-14-5-3-4-6-15(14)26-19(21)23)18(22)20(2)10-13-7-8-16-17(9-13)25-11-24-16/h3-9,12H,10-11H2,1-2H3. The Morgan fingerprint density at radius 2 is 1.96 bits per heavy atom. The van der Waals surface area contributed by atoms with Gasteiger partial charge in [-0.3, -0.25) is 9.36 Å². The number of para-hydroxylation sites is 2. The van der Waals surface area contributed by atoms with E-state index in [0.29, 0.717) is 29.1 Å². The Morgan fingerprint density at radius 3 is 2.81 bits per heavy atom. The van der Waals surface area contributed by atoms with Crippen molar-refractivity contribution in [1.29, 1.82) is 0 Å². The summed E-state index contributed by atoms with van der Waals surface area (Å²) in [5.41, 5.74) is 1.99. The summed E-state index contributed by atoms with van der Waals surface area (Å²) in [5.74, 6) is 0.654. The molecule has 134 valence electrons. The van der Waals surface area contributed by atoms with E-state index < -0.39 is 11.8 Å². The zero-order chi connectivity index (χ0) is 18.3.